The van der Waals surface area contributed by atoms with Gasteiger partial charge in [-0.3, -0.25) is 5.32 Å². The average Bonchev–Trinajstić information content (AvgIpc) is 2.28. The van der Waals surface area contributed by atoms with Crippen LogP contribution >= 0.6 is 0 Å². The minimum atomic E-state index is -0.364. The zero-order valence-corrected chi connectivity index (χ0v) is 13.1. The van der Waals surface area contributed by atoms with Crippen molar-refractivity contribution in [2.75, 3.05) is 20.1 Å². The van der Waals surface area contributed by atoms with E-state index in [1.54, 1.807) is 0 Å². The molecular weight excluding hydrogens is 222 g/mol. The van der Waals surface area contributed by atoms with E-state index in [0.29, 0.717) is 6.04 Å². The van der Waals surface area contributed by atoms with Crippen molar-refractivity contribution in [2.45, 2.75) is 65.5 Å². The first-order valence-corrected chi connectivity index (χ1v) is 7.21. The predicted molar refractivity (Wildman–Crippen MR) is 78.5 cm³/mol. The lowest BCUT2D eigenvalue weighted by Gasteiger charge is -2.28. The van der Waals surface area contributed by atoms with Gasteiger partial charge in [0.15, 0.2) is 0 Å². The molecule has 0 aliphatic heterocycles. The quantitative estimate of drug-likeness (QED) is 0.686. The molecule has 18 heavy (non-hydrogen) atoms. The van der Waals surface area contributed by atoms with E-state index in [-0.39, 0.29) is 5.54 Å². The van der Waals surface area contributed by atoms with Crippen molar-refractivity contribution in [1.82, 2.24) is 10.2 Å². The van der Waals surface area contributed by atoms with Crippen LogP contribution in [0.3, 0.4) is 0 Å². The van der Waals surface area contributed by atoms with E-state index < -0.39 is 0 Å². The Kier molecular flexibility index (Phi) is 8.22. The molecule has 0 radical (unpaired) electrons. The second kappa shape index (κ2) is 8.50. The topological polar surface area (TPSA) is 39.1 Å². The van der Waals surface area contributed by atoms with Crippen molar-refractivity contribution >= 4 is 0 Å². The Bertz CT molecular complexity index is 257. The molecular formula is C15H31N3. The first-order valence-electron chi connectivity index (χ1n) is 7.21. The monoisotopic (exact) mass is 253 g/mol. The molecule has 2 unspecified atom stereocenters. The van der Waals surface area contributed by atoms with Crippen molar-refractivity contribution in [3.05, 3.63) is 0 Å². The van der Waals surface area contributed by atoms with Crippen LogP contribution in [-0.2, 0) is 0 Å². The number of nitriles is 1. The van der Waals surface area contributed by atoms with E-state index in [1.165, 1.54) is 6.42 Å². The molecule has 2 atom stereocenters. The normalized spacial score (nSPS) is 16.6. The SMILES string of the molecule is CCNC(C)(C#N)CCCN(C)C(C)CC(C)C. The van der Waals surface area contributed by atoms with E-state index in [9.17, 15) is 5.26 Å². The van der Waals surface area contributed by atoms with E-state index in [0.717, 1.165) is 31.8 Å². The maximum absolute atomic E-state index is 9.18. The summed E-state index contributed by atoms with van der Waals surface area (Å²) in [6.45, 7) is 12.8. The summed E-state index contributed by atoms with van der Waals surface area (Å²) in [6.07, 6.45) is 3.21. The van der Waals surface area contributed by atoms with Gasteiger partial charge in [-0.25, -0.2) is 0 Å². The van der Waals surface area contributed by atoms with E-state index in [2.05, 4.69) is 44.1 Å². The van der Waals surface area contributed by atoms with Crippen LogP contribution in [0.25, 0.3) is 0 Å². The number of nitrogens with zero attached hydrogens (tertiary/aromatic N) is 2. The zero-order valence-electron chi connectivity index (χ0n) is 13.1. The third-order valence-electron chi connectivity index (χ3n) is 3.57. The smallest absolute Gasteiger partial charge is 0.103 e. The van der Waals surface area contributed by atoms with Crippen LogP contribution in [0.2, 0.25) is 0 Å². The summed E-state index contributed by atoms with van der Waals surface area (Å²) in [5.74, 6) is 0.744. The highest BCUT2D eigenvalue weighted by Crippen LogP contribution is 2.14. The van der Waals surface area contributed by atoms with Gasteiger partial charge in [0, 0.05) is 6.04 Å². The van der Waals surface area contributed by atoms with E-state index in [4.69, 9.17) is 0 Å². The first kappa shape index (κ1) is 17.4. The fourth-order valence-electron chi connectivity index (χ4n) is 2.34. The van der Waals surface area contributed by atoms with Crippen molar-refractivity contribution in [3.63, 3.8) is 0 Å². The Labute approximate surface area is 114 Å². The number of nitrogens with one attached hydrogen (secondary N) is 1. The summed E-state index contributed by atoms with van der Waals surface area (Å²) in [5.41, 5.74) is -0.364. The Morgan fingerprint density at radius 1 is 1.33 bits per heavy atom. The zero-order chi connectivity index (χ0) is 14.2. The van der Waals surface area contributed by atoms with E-state index in [1.807, 2.05) is 13.8 Å². The Balaban J connectivity index is 3.99. The van der Waals surface area contributed by atoms with Crippen molar-refractivity contribution in [1.29, 1.82) is 5.26 Å². The molecule has 1 N–H and O–H groups in total. The van der Waals surface area contributed by atoms with Gasteiger partial charge in [0.25, 0.3) is 0 Å². The summed E-state index contributed by atoms with van der Waals surface area (Å²) in [5, 5.41) is 12.4. The molecule has 0 fully saturated rings. The van der Waals surface area contributed by atoms with Gasteiger partial charge in [-0.1, -0.05) is 20.8 Å². The average molecular weight is 253 g/mol. The minimum absolute atomic E-state index is 0.364. The van der Waals surface area contributed by atoms with Crippen LogP contribution in [0.1, 0.15) is 53.9 Å². The molecule has 0 saturated carbocycles. The highest BCUT2D eigenvalue weighted by Gasteiger charge is 2.22. The molecule has 0 saturated heterocycles. The van der Waals surface area contributed by atoms with Crippen LogP contribution in [0.15, 0.2) is 0 Å². The third kappa shape index (κ3) is 6.98. The van der Waals surface area contributed by atoms with Crippen LogP contribution < -0.4 is 5.32 Å². The lowest BCUT2D eigenvalue weighted by atomic mass is 9.97. The minimum Gasteiger partial charge on any atom is -0.304 e. The molecule has 0 aromatic rings. The van der Waals surface area contributed by atoms with Gasteiger partial charge in [-0.05, 0) is 59.2 Å². The summed E-state index contributed by atoms with van der Waals surface area (Å²) in [7, 11) is 2.18. The predicted octanol–water partition coefficient (Wildman–Crippen LogP) is 3.02. The Morgan fingerprint density at radius 3 is 2.39 bits per heavy atom. The Hall–Kier alpha value is -0.590. The lowest BCUT2D eigenvalue weighted by Crippen LogP contribution is -2.41. The largest absolute Gasteiger partial charge is 0.304 e. The van der Waals surface area contributed by atoms with Crippen LogP contribution in [0.5, 0.6) is 0 Å². The number of rotatable bonds is 9. The maximum Gasteiger partial charge on any atom is 0.103 e. The van der Waals surface area contributed by atoms with Gasteiger partial charge in [-0.15, -0.1) is 0 Å². The summed E-state index contributed by atoms with van der Waals surface area (Å²) >= 11 is 0. The standard InChI is InChI=1S/C15H31N3/c1-7-17-15(5,12-16)9-8-10-18(6)14(4)11-13(2)3/h13-14,17H,7-11H2,1-6H3. The molecule has 0 aromatic carbocycles. The fraction of sp³-hybridized carbons (Fsp3) is 0.933. The highest BCUT2D eigenvalue weighted by atomic mass is 15.1. The van der Waals surface area contributed by atoms with Crippen LogP contribution in [-0.4, -0.2) is 36.6 Å². The lowest BCUT2D eigenvalue weighted by molar-refractivity contribution is 0.218. The molecule has 0 rings (SSSR count). The molecule has 0 spiro atoms. The molecule has 3 nitrogen and oxygen atoms in total. The molecule has 0 aliphatic rings. The molecule has 0 heterocycles. The van der Waals surface area contributed by atoms with Gasteiger partial charge in [0.05, 0.1) is 6.07 Å². The summed E-state index contributed by atoms with van der Waals surface area (Å²) in [6, 6.07) is 3.01. The maximum atomic E-state index is 9.18. The molecule has 0 aromatic heterocycles. The van der Waals surface area contributed by atoms with Gasteiger partial charge >= 0.3 is 0 Å². The highest BCUT2D eigenvalue weighted by molar-refractivity contribution is 5.03. The number of hydrogen-bond acceptors (Lipinski definition) is 3. The van der Waals surface area contributed by atoms with Crippen LogP contribution in [0.4, 0.5) is 0 Å². The Morgan fingerprint density at radius 2 is 1.94 bits per heavy atom. The van der Waals surface area contributed by atoms with E-state index >= 15 is 0 Å². The van der Waals surface area contributed by atoms with Gasteiger partial charge in [-0.2, -0.15) is 5.26 Å². The fourth-order valence-corrected chi connectivity index (χ4v) is 2.34. The summed E-state index contributed by atoms with van der Waals surface area (Å²) in [4.78, 5) is 2.41. The van der Waals surface area contributed by atoms with Crippen molar-refractivity contribution in [3.8, 4) is 6.07 Å². The van der Waals surface area contributed by atoms with Gasteiger partial charge < -0.3 is 4.90 Å². The first-order chi connectivity index (χ1) is 8.34. The van der Waals surface area contributed by atoms with Crippen molar-refractivity contribution in [2.24, 2.45) is 5.92 Å². The van der Waals surface area contributed by atoms with Gasteiger partial charge in [0.2, 0.25) is 0 Å². The molecule has 0 amide bonds. The molecule has 0 bridgehead atoms. The molecule has 106 valence electrons. The van der Waals surface area contributed by atoms with Crippen molar-refractivity contribution < 1.29 is 0 Å². The third-order valence-corrected chi connectivity index (χ3v) is 3.57. The molecule has 3 heteroatoms. The van der Waals surface area contributed by atoms with Gasteiger partial charge in [0.1, 0.15) is 5.54 Å². The second-order valence-electron chi connectivity index (χ2n) is 6.04. The number of hydrogen-bond donors (Lipinski definition) is 1. The van der Waals surface area contributed by atoms with Crippen LogP contribution in [0, 0.1) is 17.2 Å². The second-order valence-corrected chi connectivity index (χ2v) is 6.04. The molecule has 0 aliphatic carbocycles. The summed E-state index contributed by atoms with van der Waals surface area (Å²) < 4.78 is 0.